The number of hydrogen-bond acceptors (Lipinski definition) is 4. The zero-order valence-electron chi connectivity index (χ0n) is 11.4. The third-order valence-electron chi connectivity index (χ3n) is 2.83. The molecule has 1 aromatic rings. The van der Waals surface area contributed by atoms with Crippen molar-refractivity contribution in [2.75, 3.05) is 7.11 Å². The van der Waals surface area contributed by atoms with E-state index in [4.69, 9.17) is 0 Å². The molecule has 19 heavy (non-hydrogen) atoms. The Morgan fingerprint density at radius 2 is 1.89 bits per heavy atom. The van der Waals surface area contributed by atoms with Gasteiger partial charge in [-0.15, -0.1) is 11.8 Å². The quantitative estimate of drug-likeness (QED) is 0.686. The van der Waals surface area contributed by atoms with Crippen LogP contribution in [0, 0.1) is 0 Å². The Balaban J connectivity index is 2.40. The number of hydrogen-bond donors (Lipinski definition) is 0. The van der Waals surface area contributed by atoms with Gasteiger partial charge in [0.25, 0.3) is 0 Å². The van der Waals surface area contributed by atoms with Gasteiger partial charge >= 0.3 is 5.97 Å². The Hall–Kier alpha value is -1.29. The van der Waals surface area contributed by atoms with E-state index in [1.54, 1.807) is 11.8 Å². The van der Waals surface area contributed by atoms with Gasteiger partial charge in [-0.05, 0) is 12.0 Å². The standard InChI is InChI=1S/C15H20O3S/c1-3-14(13(16)9-10-15(17)18-2)19-11-12-7-5-4-6-8-12/h4-8,14H,3,9-11H2,1-2H3. The second-order valence-corrected chi connectivity index (χ2v) is 5.43. The average Bonchev–Trinajstić information content (AvgIpc) is 2.46. The zero-order chi connectivity index (χ0) is 14.1. The number of carbonyl (C=O) groups excluding carboxylic acids is 2. The maximum absolute atomic E-state index is 12.0. The van der Waals surface area contributed by atoms with Crippen molar-refractivity contribution in [2.24, 2.45) is 0 Å². The van der Waals surface area contributed by atoms with Gasteiger partial charge in [-0.25, -0.2) is 0 Å². The molecular formula is C15H20O3S. The maximum Gasteiger partial charge on any atom is 0.305 e. The average molecular weight is 280 g/mol. The predicted octanol–water partition coefficient (Wildman–Crippen LogP) is 3.22. The number of rotatable bonds is 8. The van der Waals surface area contributed by atoms with Crippen LogP contribution in [0.2, 0.25) is 0 Å². The van der Waals surface area contributed by atoms with Gasteiger partial charge in [0.05, 0.1) is 18.8 Å². The molecule has 0 radical (unpaired) electrons. The number of ether oxygens (including phenoxy) is 1. The highest BCUT2D eigenvalue weighted by Gasteiger charge is 2.18. The van der Waals surface area contributed by atoms with Gasteiger partial charge in [-0.1, -0.05) is 37.3 Å². The Kier molecular flexibility index (Phi) is 7.26. The molecule has 1 rings (SSSR count). The summed E-state index contributed by atoms with van der Waals surface area (Å²) in [5, 5.41) is -0.0372. The van der Waals surface area contributed by atoms with Crippen LogP contribution in [-0.2, 0) is 20.1 Å². The van der Waals surface area contributed by atoms with Crippen molar-refractivity contribution >= 4 is 23.5 Å². The van der Waals surface area contributed by atoms with Gasteiger partial charge in [0.1, 0.15) is 5.78 Å². The molecule has 0 saturated heterocycles. The highest BCUT2D eigenvalue weighted by Crippen LogP contribution is 2.22. The maximum atomic E-state index is 12.0. The molecule has 0 aromatic heterocycles. The van der Waals surface area contributed by atoms with Crippen LogP contribution < -0.4 is 0 Å². The van der Waals surface area contributed by atoms with Crippen LogP contribution in [0.4, 0.5) is 0 Å². The molecule has 0 saturated carbocycles. The van der Waals surface area contributed by atoms with Gasteiger partial charge in [0, 0.05) is 12.2 Å². The summed E-state index contributed by atoms with van der Waals surface area (Å²) in [6.45, 7) is 2.00. The van der Waals surface area contributed by atoms with E-state index in [1.165, 1.54) is 12.7 Å². The van der Waals surface area contributed by atoms with Gasteiger partial charge in [0.2, 0.25) is 0 Å². The molecule has 0 N–H and O–H groups in total. The van der Waals surface area contributed by atoms with Gasteiger partial charge in [0.15, 0.2) is 0 Å². The number of methoxy groups -OCH3 is 1. The number of esters is 1. The Bertz CT molecular complexity index is 403. The molecule has 1 atom stereocenters. The molecular weight excluding hydrogens is 260 g/mol. The van der Waals surface area contributed by atoms with Crippen LogP contribution in [0.5, 0.6) is 0 Å². The first-order valence-corrected chi connectivity index (χ1v) is 7.47. The Morgan fingerprint density at radius 3 is 2.47 bits per heavy atom. The normalized spacial score (nSPS) is 11.9. The second kappa shape index (κ2) is 8.75. The van der Waals surface area contributed by atoms with Crippen molar-refractivity contribution in [1.82, 2.24) is 0 Å². The van der Waals surface area contributed by atoms with Crippen LogP contribution in [0.15, 0.2) is 30.3 Å². The highest BCUT2D eigenvalue weighted by molar-refractivity contribution is 7.99. The molecule has 0 aliphatic rings. The summed E-state index contributed by atoms with van der Waals surface area (Å²) >= 11 is 1.64. The molecule has 3 nitrogen and oxygen atoms in total. The lowest BCUT2D eigenvalue weighted by molar-refractivity contribution is -0.141. The lowest BCUT2D eigenvalue weighted by atomic mass is 10.1. The first-order chi connectivity index (χ1) is 9.17. The Morgan fingerprint density at radius 1 is 1.21 bits per heavy atom. The molecule has 0 fully saturated rings. The fourth-order valence-electron chi connectivity index (χ4n) is 1.70. The summed E-state index contributed by atoms with van der Waals surface area (Å²) in [4.78, 5) is 23.0. The van der Waals surface area contributed by atoms with Crippen molar-refractivity contribution in [2.45, 2.75) is 37.2 Å². The van der Waals surface area contributed by atoms with Crippen molar-refractivity contribution in [3.8, 4) is 0 Å². The van der Waals surface area contributed by atoms with Crippen LogP contribution in [0.25, 0.3) is 0 Å². The molecule has 0 spiro atoms. The third-order valence-corrected chi connectivity index (χ3v) is 4.33. The molecule has 0 aliphatic heterocycles. The summed E-state index contributed by atoms with van der Waals surface area (Å²) in [6.07, 6.45) is 1.24. The minimum absolute atomic E-state index is 0.0372. The second-order valence-electron chi connectivity index (χ2n) is 4.24. The first-order valence-electron chi connectivity index (χ1n) is 6.42. The smallest absolute Gasteiger partial charge is 0.305 e. The van der Waals surface area contributed by atoms with Gasteiger partial charge < -0.3 is 4.74 Å². The summed E-state index contributed by atoms with van der Waals surface area (Å²) in [6, 6.07) is 10.1. The molecule has 4 heteroatoms. The summed E-state index contributed by atoms with van der Waals surface area (Å²) in [5.41, 5.74) is 1.21. The lowest BCUT2D eigenvalue weighted by Crippen LogP contribution is -2.18. The van der Waals surface area contributed by atoms with E-state index in [9.17, 15) is 9.59 Å². The zero-order valence-corrected chi connectivity index (χ0v) is 12.2. The van der Waals surface area contributed by atoms with E-state index in [0.29, 0.717) is 0 Å². The number of carbonyl (C=O) groups is 2. The highest BCUT2D eigenvalue weighted by atomic mass is 32.2. The van der Waals surface area contributed by atoms with Crippen LogP contribution in [0.3, 0.4) is 0 Å². The largest absolute Gasteiger partial charge is 0.469 e. The van der Waals surface area contributed by atoms with Crippen LogP contribution in [0.1, 0.15) is 31.7 Å². The number of benzene rings is 1. The van der Waals surface area contributed by atoms with E-state index >= 15 is 0 Å². The SMILES string of the molecule is CCC(SCc1ccccc1)C(=O)CCC(=O)OC. The molecule has 104 valence electrons. The summed E-state index contributed by atoms with van der Waals surface area (Å²) in [7, 11) is 1.34. The fourth-order valence-corrected chi connectivity index (χ4v) is 2.82. The van der Waals surface area contributed by atoms with E-state index < -0.39 is 0 Å². The van der Waals surface area contributed by atoms with E-state index in [0.717, 1.165) is 12.2 Å². The Labute approximate surface area is 118 Å². The summed E-state index contributed by atoms with van der Waals surface area (Å²) in [5.74, 6) is 0.633. The van der Waals surface area contributed by atoms with Crippen molar-refractivity contribution in [1.29, 1.82) is 0 Å². The monoisotopic (exact) mass is 280 g/mol. The minimum atomic E-state index is -0.323. The van der Waals surface area contributed by atoms with E-state index in [2.05, 4.69) is 16.9 Å². The topological polar surface area (TPSA) is 43.4 Å². The van der Waals surface area contributed by atoms with Gasteiger partial charge in [-0.3, -0.25) is 9.59 Å². The number of ketones is 1. The van der Waals surface area contributed by atoms with Gasteiger partial charge in [-0.2, -0.15) is 0 Å². The van der Waals surface area contributed by atoms with Crippen molar-refractivity contribution in [3.63, 3.8) is 0 Å². The van der Waals surface area contributed by atoms with Crippen molar-refractivity contribution in [3.05, 3.63) is 35.9 Å². The third kappa shape index (κ3) is 5.92. The minimum Gasteiger partial charge on any atom is -0.469 e. The number of Topliss-reactive ketones (excluding diaryl/α,β-unsaturated/α-hetero) is 1. The first kappa shape index (κ1) is 15.8. The molecule has 0 heterocycles. The molecule has 0 amide bonds. The molecule has 1 unspecified atom stereocenters. The van der Waals surface area contributed by atoms with Crippen molar-refractivity contribution < 1.29 is 14.3 Å². The van der Waals surface area contributed by atoms with Crippen LogP contribution >= 0.6 is 11.8 Å². The summed E-state index contributed by atoms with van der Waals surface area (Å²) < 4.78 is 4.55. The molecule has 0 bridgehead atoms. The van der Waals surface area contributed by atoms with Crippen LogP contribution in [-0.4, -0.2) is 24.1 Å². The van der Waals surface area contributed by atoms with E-state index in [-0.39, 0.29) is 29.8 Å². The fraction of sp³-hybridized carbons (Fsp3) is 0.467. The number of thioether (sulfide) groups is 1. The predicted molar refractivity (Wildman–Crippen MR) is 78.1 cm³/mol. The molecule has 1 aromatic carbocycles. The lowest BCUT2D eigenvalue weighted by Gasteiger charge is -2.13. The molecule has 0 aliphatic carbocycles. The van der Waals surface area contributed by atoms with E-state index in [1.807, 2.05) is 25.1 Å².